The lowest BCUT2D eigenvalue weighted by molar-refractivity contribution is 0.0949. The van der Waals surface area contributed by atoms with Gasteiger partial charge in [0.1, 0.15) is 29.3 Å². The number of phenols is 1. The molecule has 1 amide bonds. The number of hydrogen-bond donors (Lipinski definition) is 2. The molecule has 2 aromatic carbocycles. The molecule has 1 aliphatic rings. The Balaban J connectivity index is 2.05. The van der Waals surface area contributed by atoms with E-state index in [-0.39, 0.29) is 34.5 Å². The summed E-state index contributed by atoms with van der Waals surface area (Å²) >= 11 is 3.47. The molecule has 2 atom stereocenters. The number of carbonyl (C=O) groups excluding carboxylic acids is 1. The molecule has 4 nitrogen and oxygen atoms in total. The monoisotopic (exact) mass is 397 g/mol. The summed E-state index contributed by atoms with van der Waals surface area (Å²) in [5, 5.41) is 13.4. The van der Waals surface area contributed by atoms with Crippen LogP contribution >= 0.6 is 15.9 Å². The second-order valence-electron chi connectivity index (χ2n) is 7.36. The molecule has 1 heterocycles. The predicted molar refractivity (Wildman–Crippen MR) is 110 cm³/mol. The van der Waals surface area contributed by atoms with Crippen LogP contribution in [0.1, 0.15) is 27.4 Å². The van der Waals surface area contributed by atoms with Gasteiger partial charge in [-0.1, -0.05) is 46.3 Å². The van der Waals surface area contributed by atoms with Crippen molar-refractivity contribution in [2.45, 2.75) is 17.3 Å². The van der Waals surface area contributed by atoms with E-state index in [0.717, 1.165) is 10.0 Å². The van der Waals surface area contributed by atoms with Crippen molar-refractivity contribution in [2.24, 2.45) is 0 Å². The van der Waals surface area contributed by atoms with E-state index in [4.69, 9.17) is 4.74 Å². The Morgan fingerprint density at radius 1 is 1.28 bits per heavy atom. The van der Waals surface area contributed by atoms with E-state index in [1.165, 1.54) is 0 Å². The first-order valence-electron chi connectivity index (χ1n) is 8.28. The number of aromatic hydroxyl groups is 1. The lowest BCUT2D eigenvalue weighted by atomic mass is 9.49. The maximum absolute atomic E-state index is 12.6. The van der Waals surface area contributed by atoms with E-state index >= 15 is 0 Å². The molecule has 126 valence electrons. The summed E-state index contributed by atoms with van der Waals surface area (Å²) in [5.74, 6) is -0.398. The van der Waals surface area contributed by atoms with Crippen molar-refractivity contribution in [3.05, 3.63) is 63.6 Å². The van der Waals surface area contributed by atoms with Crippen LogP contribution < -0.4 is 5.32 Å². The molecule has 3 rings (SSSR count). The van der Waals surface area contributed by atoms with Crippen LogP contribution in [0.5, 0.6) is 5.75 Å². The second kappa shape index (κ2) is 6.92. The van der Waals surface area contributed by atoms with Gasteiger partial charge in [0.25, 0.3) is 5.91 Å². The Bertz CT molecular complexity index is 792. The van der Waals surface area contributed by atoms with Crippen molar-refractivity contribution in [1.82, 2.24) is 5.32 Å². The minimum absolute atomic E-state index is 0.00861. The number of epoxide rings is 1. The van der Waals surface area contributed by atoms with Gasteiger partial charge in [-0.2, -0.15) is 0 Å². The summed E-state index contributed by atoms with van der Waals surface area (Å²) in [7, 11) is 5.73. The number of ether oxygens (including phenoxy) is 1. The van der Waals surface area contributed by atoms with Gasteiger partial charge in [0, 0.05) is 16.0 Å². The summed E-state index contributed by atoms with van der Waals surface area (Å²) in [6.45, 7) is 0.648. The highest BCUT2D eigenvalue weighted by Crippen LogP contribution is 2.42. The first-order chi connectivity index (χ1) is 11.8. The highest BCUT2D eigenvalue weighted by molar-refractivity contribution is 9.10. The number of rotatable bonds is 5. The normalized spacial score (nSPS) is 17.7. The molecular weight excluding hydrogens is 379 g/mol. The van der Waals surface area contributed by atoms with Crippen molar-refractivity contribution in [1.29, 1.82) is 0 Å². The molecule has 2 aromatic rings. The largest absolute Gasteiger partial charge is 0.507 e. The quantitative estimate of drug-likeness (QED) is 0.548. The van der Waals surface area contributed by atoms with E-state index < -0.39 is 0 Å². The fourth-order valence-electron chi connectivity index (χ4n) is 2.94. The molecule has 0 spiro atoms. The first-order valence-corrected chi connectivity index (χ1v) is 9.07. The van der Waals surface area contributed by atoms with Crippen molar-refractivity contribution in [3.63, 3.8) is 0 Å². The van der Waals surface area contributed by atoms with Crippen LogP contribution in [-0.4, -0.2) is 52.5 Å². The highest BCUT2D eigenvalue weighted by atomic mass is 79.9. The number of benzene rings is 2. The molecule has 1 saturated heterocycles. The van der Waals surface area contributed by atoms with Crippen LogP contribution in [0.15, 0.2) is 46.9 Å². The number of amides is 1. The molecule has 2 unspecified atom stereocenters. The zero-order chi connectivity index (χ0) is 18.2. The third kappa shape index (κ3) is 4.31. The van der Waals surface area contributed by atoms with E-state index in [9.17, 15) is 9.90 Å². The van der Waals surface area contributed by atoms with E-state index in [0.29, 0.717) is 12.2 Å². The van der Waals surface area contributed by atoms with E-state index in [1.54, 1.807) is 6.07 Å². The number of nitrogens with one attached hydrogen (secondary N) is 1. The molecule has 0 aromatic heterocycles. The van der Waals surface area contributed by atoms with Crippen LogP contribution in [0.4, 0.5) is 0 Å². The number of carbonyl (C=O) groups is 1. The third-order valence-corrected chi connectivity index (χ3v) is 4.52. The zero-order valence-corrected chi connectivity index (χ0v) is 16.1. The Kier molecular flexibility index (Phi) is 5.03. The second-order valence-corrected chi connectivity index (χ2v) is 8.27. The molecule has 0 bridgehead atoms. The Morgan fingerprint density at radius 2 is 1.92 bits per heavy atom. The first kappa shape index (κ1) is 18.1. The Labute approximate surface area is 158 Å². The zero-order valence-electron chi connectivity index (χ0n) is 14.5. The van der Waals surface area contributed by atoms with Gasteiger partial charge in [-0.25, -0.2) is 0 Å². The standard InChI is InChI=1S/C17H19B3BrNO3/c18-17(19,20)22-16(24)12-7-10(21)6-11(15(12)23)14(13-8-25-13)9-4-2-1-3-5-9/h1-7,13-14,23H,8,18-20H2,(H,22,24). The van der Waals surface area contributed by atoms with E-state index in [2.05, 4.69) is 21.2 Å². The Hall–Kier alpha value is -1.66. The number of hydrogen-bond acceptors (Lipinski definition) is 3. The molecule has 2 N–H and O–H groups in total. The molecule has 8 heteroatoms. The predicted octanol–water partition coefficient (Wildman–Crippen LogP) is -0.0742. The van der Waals surface area contributed by atoms with Gasteiger partial charge >= 0.3 is 0 Å². The average Bonchev–Trinajstić information content (AvgIpc) is 3.35. The van der Waals surface area contributed by atoms with Gasteiger partial charge in [0.05, 0.1) is 18.3 Å². The van der Waals surface area contributed by atoms with E-state index in [1.807, 2.05) is 59.9 Å². The van der Waals surface area contributed by atoms with Gasteiger partial charge in [-0.15, -0.1) is 0 Å². The fraction of sp³-hybridized carbons (Fsp3) is 0.235. The number of halogens is 1. The van der Waals surface area contributed by atoms with Gasteiger partial charge in [0.2, 0.25) is 0 Å². The molecule has 0 aliphatic carbocycles. The lowest BCUT2D eigenvalue weighted by Crippen LogP contribution is -2.50. The third-order valence-electron chi connectivity index (χ3n) is 4.06. The van der Waals surface area contributed by atoms with Gasteiger partial charge in [-0.3, -0.25) is 4.79 Å². The Morgan fingerprint density at radius 3 is 2.48 bits per heavy atom. The van der Waals surface area contributed by atoms with Gasteiger partial charge in [0.15, 0.2) is 0 Å². The topological polar surface area (TPSA) is 61.9 Å². The SMILES string of the molecule is BC(B)(B)NC(=O)c1cc(Br)cc(C(c2ccccc2)C2CO2)c1O. The molecular formula is C17H19B3BrNO3. The van der Waals surface area contributed by atoms with Crippen LogP contribution in [0, 0.1) is 0 Å². The minimum atomic E-state index is -0.384. The summed E-state index contributed by atoms with van der Waals surface area (Å²) < 4.78 is 6.28. The van der Waals surface area contributed by atoms with Crippen molar-refractivity contribution >= 4 is 45.4 Å². The number of phenolic OH excluding ortho intramolecular Hbond substituents is 1. The molecule has 0 saturated carbocycles. The van der Waals surface area contributed by atoms with Crippen molar-refractivity contribution in [3.8, 4) is 5.75 Å². The summed E-state index contributed by atoms with van der Waals surface area (Å²) in [4.78, 5) is 12.6. The van der Waals surface area contributed by atoms with Crippen LogP contribution in [-0.2, 0) is 4.74 Å². The average molecular weight is 398 g/mol. The van der Waals surface area contributed by atoms with Crippen molar-refractivity contribution in [2.75, 3.05) is 6.61 Å². The summed E-state index contributed by atoms with van der Waals surface area (Å²) in [5.41, 5.74) is 2.02. The van der Waals surface area contributed by atoms with Crippen LogP contribution in [0.25, 0.3) is 0 Å². The van der Waals surface area contributed by atoms with Crippen molar-refractivity contribution < 1.29 is 14.6 Å². The lowest BCUT2D eigenvalue weighted by Gasteiger charge is -2.23. The van der Waals surface area contributed by atoms with Crippen LogP contribution in [0.2, 0.25) is 0 Å². The molecule has 25 heavy (non-hydrogen) atoms. The highest BCUT2D eigenvalue weighted by Gasteiger charge is 2.37. The van der Waals surface area contributed by atoms with Gasteiger partial charge in [-0.05, 0) is 22.9 Å². The fourth-order valence-corrected chi connectivity index (χ4v) is 3.42. The molecule has 1 aliphatic heterocycles. The summed E-state index contributed by atoms with van der Waals surface area (Å²) in [6.07, 6.45) is 0.0149. The van der Waals surface area contributed by atoms with Crippen LogP contribution in [0.3, 0.4) is 0 Å². The minimum Gasteiger partial charge on any atom is -0.507 e. The van der Waals surface area contributed by atoms with Gasteiger partial charge < -0.3 is 15.2 Å². The maximum atomic E-state index is 12.6. The maximum Gasteiger partial charge on any atom is 0.253 e. The molecule has 0 radical (unpaired) electrons. The molecule has 1 fully saturated rings. The summed E-state index contributed by atoms with van der Waals surface area (Å²) in [6, 6.07) is 13.4. The smallest absolute Gasteiger partial charge is 0.253 e.